The van der Waals surface area contributed by atoms with Gasteiger partial charge in [-0.05, 0) is 60.4 Å². The third-order valence-corrected chi connectivity index (χ3v) is 6.08. The van der Waals surface area contributed by atoms with Gasteiger partial charge in [0.05, 0.1) is 17.0 Å². The van der Waals surface area contributed by atoms with Crippen LogP contribution < -0.4 is 16.1 Å². The number of aryl methyl sites for hydroxylation is 2. The number of halogens is 3. The van der Waals surface area contributed by atoms with Gasteiger partial charge < -0.3 is 5.73 Å². The highest BCUT2D eigenvalue weighted by Crippen LogP contribution is 2.46. The molecular formula is C28H25F3N4O3. The zero-order valence-corrected chi connectivity index (χ0v) is 20.7. The van der Waals surface area contributed by atoms with Gasteiger partial charge in [-0.25, -0.2) is 5.43 Å². The van der Waals surface area contributed by atoms with E-state index in [1.165, 1.54) is 11.0 Å². The van der Waals surface area contributed by atoms with Crippen LogP contribution in [-0.4, -0.2) is 23.4 Å². The average molecular weight is 523 g/mol. The summed E-state index contributed by atoms with van der Waals surface area (Å²) in [6.45, 7) is 3.67. The molecular weight excluding hydrogens is 497 g/mol. The quantitative estimate of drug-likeness (QED) is 0.342. The number of carbonyl (C=O) groups is 3. The molecule has 1 heterocycles. The normalized spacial score (nSPS) is 15.4. The maximum absolute atomic E-state index is 14.0. The van der Waals surface area contributed by atoms with Crippen LogP contribution in [0.4, 0.5) is 24.5 Å². The molecule has 3 amide bonds. The predicted octanol–water partition coefficient (Wildman–Crippen LogP) is 4.87. The molecule has 0 fully saturated rings. The molecule has 38 heavy (non-hydrogen) atoms. The minimum Gasteiger partial charge on any atom is -0.370 e. The fourth-order valence-corrected chi connectivity index (χ4v) is 4.47. The lowest BCUT2D eigenvalue weighted by atomic mass is 9.90. The second-order valence-electron chi connectivity index (χ2n) is 9.09. The number of fused-ring (bicyclic) bond motifs is 1. The number of alkyl halides is 3. The zero-order chi connectivity index (χ0) is 27.6. The van der Waals surface area contributed by atoms with Gasteiger partial charge in [-0.3, -0.25) is 19.3 Å². The maximum atomic E-state index is 14.0. The number of primary amides is 1. The smallest absolute Gasteiger partial charge is 0.370 e. The molecule has 3 aromatic carbocycles. The van der Waals surface area contributed by atoms with Crippen molar-refractivity contribution in [3.63, 3.8) is 0 Å². The Morgan fingerprint density at radius 1 is 0.974 bits per heavy atom. The van der Waals surface area contributed by atoms with Crippen molar-refractivity contribution in [2.75, 3.05) is 4.90 Å². The van der Waals surface area contributed by atoms with E-state index in [4.69, 9.17) is 5.73 Å². The Morgan fingerprint density at radius 3 is 2.24 bits per heavy atom. The maximum Gasteiger partial charge on any atom is 0.416 e. The van der Waals surface area contributed by atoms with E-state index in [0.29, 0.717) is 16.8 Å². The van der Waals surface area contributed by atoms with E-state index >= 15 is 0 Å². The summed E-state index contributed by atoms with van der Waals surface area (Å²) in [4.78, 5) is 38.6. The van der Waals surface area contributed by atoms with Crippen LogP contribution in [0.25, 0.3) is 0 Å². The van der Waals surface area contributed by atoms with Crippen molar-refractivity contribution in [3.8, 4) is 0 Å². The van der Waals surface area contributed by atoms with Gasteiger partial charge in [0, 0.05) is 18.5 Å². The SMILES string of the molecule is Cc1cc(C)cc(N2C(=O)C(/C(=N\NC(=O)CCC(N)=O)c3ccccc3)c3ccc(C(F)(F)F)cc32)c1. The van der Waals surface area contributed by atoms with E-state index in [2.05, 4.69) is 10.5 Å². The first-order valence-electron chi connectivity index (χ1n) is 11.8. The number of nitrogens with one attached hydrogen (secondary N) is 1. The van der Waals surface area contributed by atoms with E-state index in [-0.39, 0.29) is 24.2 Å². The fourth-order valence-electron chi connectivity index (χ4n) is 4.47. The van der Waals surface area contributed by atoms with Crippen molar-refractivity contribution >= 4 is 34.8 Å². The summed E-state index contributed by atoms with van der Waals surface area (Å²) in [5.74, 6) is -2.87. The molecule has 3 N–H and O–H groups in total. The van der Waals surface area contributed by atoms with Crippen molar-refractivity contribution < 1.29 is 27.6 Å². The molecule has 0 aromatic heterocycles. The molecule has 0 radical (unpaired) electrons. The van der Waals surface area contributed by atoms with Crippen molar-refractivity contribution in [1.82, 2.24) is 5.43 Å². The largest absolute Gasteiger partial charge is 0.416 e. The number of hydrazone groups is 1. The highest BCUT2D eigenvalue weighted by Gasteiger charge is 2.43. The van der Waals surface area contributed by atoms with Crippen LogP contribution in [-0.2, 0) is 20.6 Å². The molecule has 7 nitrogen and oxygen atoms in total. The highest BCUT2D eigenvalue weighted by molar-refractivity contribution is 6.26. The monoisotopic (exact) mass is 522 g/mol. The molecule has 196 valence electrons. The second kappa shape index (κ2) is 10.5. The molecule has 1 aliphatic heterocycles. The predicted molar refractivity (Wildman–Crippen MR) is 137 cm³/mol. The number of amides is 3. The lowest BCUT2D eigenvalue weighted by Gasteiger charge is -2.20. The van der Waals surface area contributed by atoms with Crippen LogP contribution in [0.5, 0.6) is 0 Å². The Morgan fingerprint density at radius 2 is 1.63 bits per heavy atom. The van der Waals surface area contributed by atoms with Crippen LogP contribution in [0.2, 0.25) is 0 Å². The van der Waals surface area contributed by atoms with E-state index in [1.807, 2.05) is 19.9 Å². The van der Waals surface area contributed by atoms with Gasteiger partial charge in [-0.2, -0.15) is 18.3 Å². The molecule has 0 saturated carbocycles. The lowest BCUT2D eigenvalue weighted by molar-refractivity contribution is -0.137. The summed E-state index contributed by atoms with van der Waals surface area (Å²) in [7, 11) is 0. The van der Waals surface area contributed by atoms with Crippen LogP contribution in [0.3, 0.4) is 0 Å². The van der Waals surface area contributed by atoms with E-state index < -0.39 is 35.4 Å². The minimum atomic E-state index is -4.62. The van der Waals surface area contributed by atoms with E-state index in [9.17, 15) is 27.6 Å². The van der Waals surface area contributed by atoms with Crippen molar-refractivity contribution in [1.29, 1.82) is 0 Å². The van der Waals surface area contributed by atoms with Gasteiger partial charge in [0.2, 0.25) is 17.7 Å². The lowest BCUT2D eigenvalue weighted by Crippen LogP contribution is -2.31. The number of anilines is 2. The van der Waals surface area contributed by atoms with Crippen LogP contribution in [0.1, 0.15) is 46.6 Å². The van der Waals surface area contributed by atoms with E-state index in [0.717, 1.165) is 23.3 Å². The third-order valence-electron chi connectivity index (χ3n) is 6.08. The second-order valence-corrected chi connectivity index (χ2v) is 9.09. The molecule has 0 spiro atoms. The summed E-state index contributed by atoms with van der Waals surface area (Å²) in [5.41, 5.74) is 9.72. The van der Waals surface area contributed by atoms with Crippen LogP contribution >= 0.6 is 0 Å². The molecule has 10 heteroatoms. The molecule has 1 atom stereocenters. The van der Waals surface area contributed by atoms with Gasteiger partial charge in [0.25, 0.3) is 0 Å². The zero-order valence-electron chi connectivity index (χ0n) is 20.7. The Bertz CT molecular complexity index is 1410. The summed E-state index contributed by atoms with van der Waals surface area (Å²) >= 11 is 0. The highest BCUT2D eigenvalue weighted by atomic mass is 19.4. The number of nitrogens with zero attached hydrogens (tertiary/aromatic N) is 2. The van der Waals surface area contributed by atoms with Gasteiger partial charge in [-0.15, -0.1) is 0 Å². The summed E-state index contributed by atoms with van der Waals surface area (Å²) in [5, 5.41) is 4.23. The standard InChI is InChI=1S/C28H25F3N4O3/c1-16-12-17(2)14-20(13-16)35-22-15-19(28(29,30)31)8-9-21(22)25(27(35)38)26(18-6-4-3-5-7-18)34-33-24(37)11-10-23(32)36/h3-9,12-15,25H,10-11H2,1-2H3,(H2,32,36)(H,33,37)/b34-26-. The van der Waals surface area contributed by atoms with Crippen LogP contribution in [0.15, 0.2) is 71.8 Å². The average Bonchev–Trinajstić information content (AvgIpc) is 3.13. The Labute approximate surface area is 217 Å². The number of hydrogen-bond donors (Lipinski definition) is 2. The van der Waals surface area contributed by atoms with Gasteiger partial charge in [0.15, 0.2) is 0 Å². The Hall–Kier alpha value is -4.47. The topological polar surface area (TPSA) is 105 Å². The van der Waals surface area contributed by atoms with Crippen molar-refractivity contribution in [2.45, 2.75) is 38.8 Å². The molecule has 1 unspecified atom stereocenters. The van der Waals surface area contributed by atoms with Gasteiger partial charge in [-0.1, -0.05) is 42.5 Å². The number of nitrogens with two attached hydrogens (primary N) is 1. The number of rotatable bonds is 7. The molecule has 0 bridgehead atoms. The first-order chi connectivity index (χ1) is 18.0. The number of benzene rings is 3. The summed E-state index contributed by atoms with van der Waals surface area (Å²) in [6, 6.07) is 17.1. The fraction of sp³-hybridized carbons (Fsp3) is 0.214. The first kappa shape index (κ1) is 26.6. The Balaban J connectivity index is 1.87. The molecule has 0 aliphatic carbocycles. The van der Waals surface area contributed by atoms with Gasteiger partial charge >= 0.3 is 6.18 Å². The summed E-state index contributed by atoms with van der Waals surface area (Å²) < 4.78 is 41.0. The third kappa shape index (κ3) is 5.59. The summed E-state index contributed by atoms with van der Waals surface area (Å²) in [6.07, 6.45) is -5.01. The minimum absolute atomic E-state index is 0.0866. The van der Waals surface area contributed by atoms with Crippen molar-refractivity contribution in [3.05, 3.63) is 94.5 Å². The first-order valence-corrected chi connectivity index (χ1v) is 11.8. The van der Waals surface area contributed by atoms with Crippen molar-refractivity contribution in [2.24, 2.45) is 10.8 Å². The Kier molecular flexibility index (Phi) is 7.34. The van der Waals surface area contributed by atoms with Crippen LogP contribution in [0, 0.1) is 13.8 Å². The van der Waals surface area contributed by atoms with E-state index in [1.54, 1.807) is 42.5 Å². The van der Waals surface area contributed by atoms with Gasteiger partial charge in [0.1, 0.15) is 5.92 Å². The number of hydrogen-bond acceptors (Lipinski definition) is 4. The molecule has 1 aliphatic rings. The number of carbonyl (C=O) groups excluding carboxylic acids is 3. The molecule has 3 aromatic rings. The molecule has 4 rings (SSSR count). The molecule has 0 saturated heterocycles.